The molecule has 0 aliphatic heterocycles. The number of rotatable bonds is 22. The molecule has 0 aliphatic carbocycles. The predicted molar refractivity (Wildman–Crippen MR) is 349 cm³/mol. The summed E-state index contributed by atoms with van der Waals surface area (Å²) < 4.78 is 152. The Morgan fingerprint density at radius 3 is 1.19 bits per heavy atom. The zero-order valence-corrected chi connectivity index (χ0v) is 58.2. The number of hydrogen-bond donors (Lipinski definition) is 1. The number of aromatic nitrogens is 12. The highest BCUT2D eigenvalue weighted by molar-refractivity contribution is 7.99. The van der Waals surface area contributed by atoms with Gasteiger partial charge in [0, 0.05) is 32.8 Å². The summed E-state index contributed by atoms with van der Waals surface area (Å²) in [6, 6.07) is 26.4. The first-order valence-electron chi connectivity index (χ1n) is 27.5. The van der Waals surface area contributed by atoms with Gasteiger partial charge in [-0.3, -0.25) is 0 Å². The van der Waals surface area contributed by atoms with E-state index >= 15 is 0 Å². The van der Waals surface area contributed by atoms with E-state index < -0.39 is 54.2 Å². The van der Waals surface area contributed by atoms with Gasteiger partial charge >= 0.3 is 37.0 Å². The molecule has 0 spiro atoms. The molecule has 0 saturated carbocycles. The fourth-order valence-electron chi connectivity index (χ4n) is 8.04. The first-order chi connectivity index (χ1) is 47.6. The lowest BCUT2D eigenvalue weighted by Gasteiger charge is -2.10. The quantitative estimate of drug-likeness (QED) is 0.0375. The molecule has 41 heteroatoms. The second-order valence-electron chi connectivity index (χ2n) is 19.0. The fraction of sp³-hybridized carbons (Fsp3) is 0.186. The molecule has 6 aromatic heterocycles. The summed E-state index contributed by atoms with van der Waals surface area (Å²) in [5, 5.41) is 34.9. The van der Waals surface area contributed by atoms with Crippen molar-refractivity contribution >= 4 is 122 Å². The zero-order chi connectivity index (χ0) is 72.1. The van der Waals surface area contributed by atoms with Crippen LogP contribution in [0.2, 0.25) is 15.1 Å². The molecule has 0 saturated heterocycles. The summed E-state index contributed by atoms with van der Waals surface area (Å²) >= 11 is 24.9. The van der Waals surface area contributed by atoms with Crippen molar-refractivity contribution in [1.29, 1.82) is 0 Å². The average Bonchev–Trinajstić information content (AvgIpc) is 1.69. The van der Waals surface area contributed by atoms with Gasteiger partial charge in [0.25, 0.3) is 0 Å². The molecule has 100 heavy (non-hydrogen) atoms. The maximum Gasteiger partial charge on any atom is 0.573 e. The van der Waals surface area contributed by atoms with E-state index in [0.29, 0.717) is 81.4 Å². The van der Waals surface area contributed by atoms with Crippen molar-refractivity contribution < 1.29 is 91.8 Å². The highest BCUT2D eigenvalue weighted by atomic mass is 35.5. The second kappa shape index (κ2) is 33.5. The number of carbonyl (C=O) groups excluding carboxylic acids is 3. The summed E-state index contributed by atoms with van der Waals surface area (Å²) in [5.74, 6) is -2.01. The van der Waals surface area contributed by atoms with Crippen molar-refractivity contribution in [2.75, 3.05) is 35.0 Å². The van der Waals surface area contributed by atoms with E-state index in [2.05, 4.69) is 69.9 Å². The molecule has 0 atom stereocenters. The molecule has 0 aliphatic rings. The number of esters is 3. The van der Waals surface area contributed by atoms with Gasteiger partial charge in [-0.05, 0) is 132 Å². The van der Waals surface area contributed by atoms with Gasteiger partial charge in [-0.25, -0.2) is 38.7 Å². The average molecular weight is 1560 g/mol. The molecule has 0 amide bonds. The molecule has 5 aromatic carbocycles. The fourth-order valence-corrected chi connectivity index (χ4v) is 14.1. The van der Waals surface area contributed by atoms with Gasteiger partial charge in [-0.2, -0.15) is 5.21 Å². The third-order valence-electron chi connectivity index (χ3n) is 12.4. The van der Waals surface area contributed by atoms with Gasteiger partial charge < -0.3 is 37.9 Å². The van der Waals surface area contributed by atoms with Crippen LogP contribution in [-0.4, -0.2) is 132 Å². The van der Waals surface area contributed by atoms with E-state index in [1.165, 1.54) is 84.6 Å². The van der Waals surface area contributed by atoms with Crippen LogP contribution in [0.1, 0.15) is 49.5 Å². The topological polar surface area (TPSA) is 267 Å². The van der Waals surface area contributed by atoms with Crippen molar-refractivity contribution in [2.45, 2.75) is 69.3 Å². The van der Waals surface area contributed by atoms with Crippen LogP contribution in [0, 0.1) is 0 Å². The van der Waals surface area contributed by atoms with E-state index in [0.717, 1.165) is 64.6 Å². The van der Waals surface area contributed by atoms with Gasteiger partial charge in [-0.1, -0.05) is 69.5 Å². The number of aromatic amines is 1. The summed E-state index contributed by atoms with van der Waals surface area (Å²) in [4.78, 5) is 49.8. The van der Waals surface area contributed by atoms with Crippen LogP contribution in [-0.2, 0) is 27.3 Å². The van der Waals surface area contributed by atoms with Crippen LogP contribution in [0.4, 0.5) is 39.5 Å². The Kier molecular flexibility index (Phi) is 25.2. The number of H-pyrrole nitrogens is 1. The Hall–Kier alpha value is -8.89. The van der Waals surface area contributed by atoms with Crippen LogP contribution in [0.3, 0.4) is 0 Å². The van der Waals surface area contributed by atoms with Crippen LogP contribution in [0.5, 0.6) is 28.7 Å². The van der Waals surface area contributed by atoms with Crippen LogP contribution in [0.25, 0.3) is 31.7 Å². The molecule has 11 aromatic rings. The minimum atomic E-state index is -4.85. The first kappa shape index (κ1) is 75.3. The summed E-state index contributed by atoms with van der Waals surface area (Å²) in [7, 11) is 5.62. The lowest BCUT2D eigenvalue weighted by Crippen LogP contribution is -2.17. The SMILES string of the molecule is CCOC(=O)c1nnn(Cc2ccc(OC)cc2)c1Sc1csc(-c2ccc(OC(F)(F)F)c(Cl)c2)n1.COC(=O)c1n[nH]nc1Sc1csc(-c2ccc(OC(F)(F)F)c(Cl)c2)n1.COC(=O)c1nnn(Cc2ccc(OC)cc2)c1Sc1csc(-c2ccc(OC(F)(F)F)c(Cl)c2)n1. The zero-order valence-electron chi connectivity index (χ0n) is 51.1. The number of thiazole rings is 3. The Labute approximate surface area is 597 Å². The van der Waals surface area contributed by atoms with E-state index in [1.807, 2.05) is 48.5 Å². The summed E-state index contributed by atoms with van der Waals surface area (Å²) in [6.45, 7) is 2.51. The minimum Gasteiger partial charge on any atom is -0.497 e. The Balaban J connectivity index is 0.000000177. The third kappa shape index (κ3) is 20.6. The van der Waals surface area contributed by atoms with Gasteiger partial charge in [-0.15, -0.1) is 93.9 Å². The van der Waals surface area contributed by atoms with Gasteiger partial charge in [0.2, 0.25) is 17.1 Å². The van der Waals surface area contributed by atoms with Gasteiger partial charge in [0.05, 0.1) is 63.2 Å². The van der Waals surface area contributed by atoms with E-state index in [-0.39, 0.29) is 43.8 Å². The Bertz CT molecular complexity index is 4650. The molecule has 11 rings (SSSR count). The number of nitrogens with one attached hydrogen (secondary N) is 1. The van der Waals surface area contributed by atoms with E-state index in [1.54, 1.807) is 46.6 Å². The molecular weight excluding hydrogens is 1520 g/mol. The lowest BCUT2D eigenvalue weighted by atomic mass is 10.2. The number of hydrogen-bond acceptors (Lipinski definition) is 26. The van der Waals surface area contributed by atoms with E-state index in [9.17, 15) is 53.9 Å². The van der Waals surface area contributed by atoms with Crippen molar-refractivity contribution in [1.82, 2.24) is 60.4 Å². The van der Waals surface area contributed by atoms with Crippen molar-refractivity contribution in [3.8, 4) is 60.5 Å². The highest BCUT2D eigenvalue weighted by Gasteiger charge is 2.35. The van der Waals surface area contributed by atoms with Gasteiger partial charge in [0.1, 0.15) is 68.9 Å². The van der Waals surface area contributed by atoms with Gasteiger partial charge in [0.15, 0.2) is 5.03 Å². The third-order valence-corrected chi connectivity index (χ3v) is 19.3. The molecule has 0 bridgehead atoms. The largest absolute Gasteiger partial charge is 0.573 e. The van der Waals surface area contributed by atoms with Crippen molar-refractivity contribution in [2.24, 2.45) is 0 Å². The molecular formula is C59H42Cl3F9N12O11S6. The standard InChI is InChI=1S/C23H18ClF3N4O4S2.C22H16ClF3N4O4S2.C14H8ClF3N4O3S2/c1-3-34-22(32)19-21(31(30-29-19)11-13-4-7-15(33-2)8-5-13)37-18-12-36-20(28-18)14-6-9-17(16(24)10-14)35-23(25,26)27;1-32-14-6-3-12(4-7-14)10-30-20(18(28-29-30)21(31)33-2)36-17-11-35-19(27-17)13-5-8-16(15(23)9-13)34-22(24,25)26;1-24-13(23)10-12(21-22-20-10)27-9-5-26-11(19-9)6-2-3-8(7(15)4-6)25-14(16,17)18/h4-10,12H,3,11H2,1-2H3;3-9,11H,10H2,1-2H3;2-5H,1H3,(H,20,21,22). The summed E-state index contributed by atoms with van der Waals surface area (Å²) in [5.41, 5.74) is 3.42. The molecule has 0 fully saturated rings. The monoisotopic (exact) mass is 1560 g/mol. The number of halogens is 12. The minimum absolute atomic E-state index is 0.0220. The van der Waals surface area contributed by atoms with Crippen molar-refractivity contribution in [3.63, 3.8) is 0 Å². The normalized spacial score (nSPS) is 11.4. The first-order valence-corrected chi connectivity index (χ1v) is 33.8. The molecule has 6 heterocycles. The number of benzene rings is 5. The molecule has 0 unspecified atom stereocenters. The number of nitrogens with zero attached hydrogens (tertiary/aromatic N) is 11. The highest BCUT2D eigenvalue weighted by Crippen LogP contribution is 2.42. The number of alkyl halides is 9. The predicted octanol–water partition coefficient (Wildman–Crippen LogP) is 16.7. The maximum absolute atomic E-state index is 12.5. The Morgan fingerprint density at radius 1 is 0.490 bits per heavy atom. The van der Waals surface area contributed by atoms with E-state index in [4.69, 9.17) is 53.8 Å². The number of methoxy groups -OCH3 is 4. The molecule has 0 radical (unpaired) electrons. The number of carbonyl (C=O) groups is 3. The Morgan fingerprint density at radius 2 is 0.850 bits per heavy atom. The second-order valence-corrected chi connectivity index (χ2v) is 25.9. The smallest absolute Gasteiger partial charge is 0.497 e. The van der Waals surface area contributed by atoms with Crippen LogP contribution in [0.15, 0.2) is 149 Å². The van der Waals surface area contributed by atoms with Crippen molar-refractivity contribution in [3.05, 3.63) is 163 Å². The lowest BCUT2D eigenvalue weighted by molar-refractivity contribution is -0.275. The van der Waals surface area contributed by atoms with Crippen LogP contribution < -0.4 is 23.7 Å². The molecule has 524 valence electrons. The molecule has 23 nitrogen and oxygen atoms in total. The van der Waals surface area contributed by atoms with Crippen LogP contribution >= 0.6 is 104 Å². The maximum atomic E-state index is 12.5. The molecule has 1 N–H and O–H groups in total. The summed E-state index contributed by atoms with van der Waals surface area (Å²) in [6.07, 6.45) is -14.5. The number of ether oxygens (including phenoxy) is 8.